The van der Waals surface area contributed by atoms with Gasteiger partial charge in [-0.25, -0.2) is 8.42 Å². The molecule has 0 aliphatic rings. The van der Waals surface area contributed by atoms with Crippen molar-refractivity contribution in [3.8, 4) is 17.2 Å². The third kappa shape index (κ3) is 5.78. The molecule has 0 saturated heterocycles. The Morgan fingerprint density at radius 3 is 2.14 bits per heavy atom. The fraction of sp³-hybridized carbons (Fsp3) is 0.538. The largest absolute Gasteiger partial charge is 0.493 e. The first-order chi connectivity index (χ1) is 10.1. The summed E-state index contributed by atoms with van der Waals surface area (Å²) in [5, 5.41) is 3.19. The monoisotopic (exact) mass is 319 g/mol. The molecule has 0 heterocycles. The van der Waals surface area contributed by atoms with Crippen LogP contribution in [0.4, 0.5) is 0 Å². The molecule has 0 unspecified atom stereocenters. The van der Waals surface area contributed by atoms with E-state index in [2.05, 4.69) is 9.50 Å². The maximum Gasteiger partial charge on any atom is 0.257 e. The highest BCUT2D eigenvalue weighted by atomic mass is 32.2. The number of methoxy groups -OCH3 is 3. The van der Waals surface area contributed by atoms with E-state index in [0.717, 1.165) is 5.56 Å². The molecule has 1 N–H and O–H groups in total. The molecule has 0 spiro atoms. The van der Waals surface area contributed by atoms with E-state index < -0.39 is 11.0 Å². The van der Waals surface area contributed by atoms with Gasteiger partial charge in [-0.15, -0.1) is 0 Å². The van der Waals surface area contributed by atoms with Crippen LogP contribution in [0.5, 0.6) is 17.2 Å². The molecule has 0 fully saturated rings. The zero-order valence-corrected chi connectivity index (χ0v) is 13.3. The average molecular weight is 319 g/mol. The number of ether oxygens (including phenoxy) is 3. The van der Waals surface area contributed by atoms with Gasteiger partial charge in [0.1, 0.15) is 0 Å². The van der Waals surface area contributed by atoms with Gasteiger partial charge in [-0.05, 0) is 30.7 Å². The highest BCUT2D eigenvalue weighted by molar-refractivity contribution is 7.67. The Kier molecular flexibility index (Phi) is 7.88. The van der Waals surface area contributed by atoms with E-state index in [1.165, 1.54) is 0 Å². The summed E-state index contributed by atoms with van der Waals surface area (Å²) in [6.45, 7) is 1.42. The summed E-state index contributed by atoms with van der Waals surface area (Å²) in [5.41, 5.74) is 0.973. The number of hydrogen-bond donors (Lipinski definition) is 2. The van der Waals surface area contributed by atoms with Crippen molar-refractivity contribution in [2.24, 2.45) is 0 Å². The summed E-state index contributed by atoms with van der Waals surface area (Å²) in [7, 11) is 1.93. The molecule has 0 radical (unpaired) electrons. The fourth-order valence-electron chi connectivity index (χ4n) is 1.81. The molecule has 7 nitrogen and oxygen atoms in total. The second-order valence-corrected chi connectivity index (χ2v) is 4.83. The van der Waals surface area contributed by atoms with Gasteiger partial charge in [0.25, 0.3) is 11.0 Å². The lowest BCUT2D eigenvalue weighted by Gasteiger charge is -2.14. The Hall–Kier alpha value is -1.51. The molecule has 21 heavy (non-hydrogen) atoms. The normalized spacial score (nSPS) is 10.7. The molecule has 0 amide bonds. The van der Waals surface area contributed by atoms with E-state index in [9.17, 15) is 8.42 Å². The highest BCUT2D eigenvalue weighted by Gasteiger charge is 2.12. The van der Waals surface area contributed by atoms with Crippen molar-refractivity contribution in [1.82, 2.24) is 5.32 Å². The third-order valence-electron chi connectivity index (χ3n) is 2.75. The molecule has 0 aliphatic heterocycles. The SMILES string of the molecule is COc1cc(CNCCCO[SH](=O)=O)cc(OC)c1OC. The lowest BCUT2D eigenvalue weighted by atomic mass is 10.1. The summed E-state index contributed by atoms with van der Waals surface area (Å²) in [4.78, 5) is 0. The zero-order chi connectivity index (χ0) is 15.7. The van der Waals surface area contributed by atoms with Gasteiger partial charge in [-0.3, -0.25) is 4.18 Å². The zero-order valence-electron chi connectivity index (χ0n) is 12.4. The standard InChI is InChI=1S/C13H21NO6S/c1-17-11-7-10(8-12(18-2)13(11)19-3)9-14-5-4-6-20-21(15)16/h7-8,14,21H,4-6,9H2,1-3H3. The molecule has 120 valence electrons. The lowest BCUT2D eigenvalue weighted by molar-refractivity contribution is 0.321. The topological polar surface area (TPSA) is 83.1 Å². The summed E-state index contributed by atoms with van der Waals surface area (Å²) < 4.78 is 40.7. The van der Waals surface area contributed by atoms with Gasteiger partial charge in [0.15, 0.2) is 11.5 Å². The smallest absolute Gasteiger partial charge is 0.257 e. The lowest BCUT2D eigenvalue weighted by Crippen LogP contribution is -2.16. The van der Waals surface area contributed by atoms with Crippen LogP contribution in [-0.2, 0) is 21.7 Å². The molecule has 8 heteroatoms. The Bertz CT molecular complexity index is 484. The first kappa shape index (κ1) is 17.5. The summed E-state index contributed by atoms with van der Waals surface area (Å²) in [6.07, 6.45) is 0.605. The van der Waals surface area contributed by atoms with Crippen molar-refractivity contribution in [3.63, 3.8) is 0 Å². The Morgan fingerprint density at radius 1 is 1.05 bits per heavy atom. The fourth-order valence-corrected chi connectivity index (χ4v) is 2.08. The second kappa shape index (κ2) is 9.43. The van der Waals surface area contributed by atoms with Gasteiger partial charge in [-0.1, -0.05) is 0 Å². The molecule has 1 aromatic rings. The van der Waals surface area contributed by atoms with Crippen molar-refractivity contribution < 1.29 is 26.8 Å². The van der Waals surface area contributed by atoms with Crippen LogP contribution < -0.4 is 19.5 Å². The summed E-state index contributed by atoms with van der Waals surface area (Å²) in [5.74, 6) is 1.75. The van der Waals surface area contributed by atoms with E-state index in [-0.39, 0.29) is 6.61 Å². The molecule has 0 saturated carbocycles. The molecule has 1 rings (SSSR count). The third-order valence-corrected chi connectivity index (χ3v) is 3.14. The van der Waals surface area contributed by atoms with Crippen LogP contribution in [0, 0.1) is 0 Å². The van der Waals surface area contributed by atoms with Crippen LogP contribution >= 0.6 is 0 Å². The minimum absolute atomic E-state index is 0.182. The number of hydrogen-bond acceptors (Lipinski definition) is 7. The minimum Gasteiger partial charge on any atom is -0.493 e. The van der Waals surface area contributed by atoms with Crippen LogP contribution in [0.25, 0.3) is 0 Å². The van der Waals surface area contributed by atoms with Crippen LogP contribution in [-0.4, -0.2) is 42.9 Å². The van der Waals surface area contributed by atoms with Crippen LogP contribution in [0.15, 0.2) is 12.1 Å². The second-order valence-electron chi connectivity index (χ2n) is 4.12. The van der Waals surface area contributed by atoms with Crippen LogP contribution in [0.1, 0.15) is 12.0 Å². The number of nitrogens with one attached hydrogen (secondary N) is 1. The van der Waals surface area contributed by atoms with E-state index in [1.807, 2.05) is 12.1 Å². The van der Waals surface area contributed by atoms with Gasteiger partial charge in [0, 0.05) is 6.54 Å². The van der Waals surface area contributed by atoms with Gasteiger partial charge >= 0.3 is 0 Å². The Labute approximate surface area is 126 Å². The van der Waals surface area contributed by atoms with Crippen LogP contribution in [0.2, 0.25) is 0 Å². The molecular formula is C13H21NO6S. The van der Waals surface area contributed by atoms with Gasteiger partial charge in [0.2, 0.25) is 5.75 Å². The Morgan fingerprint density at radius 2 is 1.67 bits per heavy atom. The van der Waals surface area contributed by atoms with Gasteiger partial charge in [-0.2, -0.15) is 0 Å². The highest BCUT2D eigenvalue weighted by Crippen LogP contribution is 2.38. The van der Waals surface area contributed by atoms with E-state index in [0.29, 0.717) is 36.8 Å². The first-order valence-corrected chi connectivity index (χ1v) is 7.48. The van der Waals surface area contributed by atoms with Crippen molar-refractivity contribution >= 4 is 11.0 Å². The summed E-state index contributed by atoms with van der Waals surface area (Å²) >= 11 is 0. The Balaban J connectivity index is 2.55. The maximum atomic E-state index is 10.2. The van der Waals surface area contributed by atoms with Crippen molar-refractivity contribution in [2.45, 2.75) is 13.0 Å². The minimum atomic E-state index is -2.76. The van der Waals surface area contributed by atoms with Gasteiger partial charge in [0.05, 0.1) is 27.9 Å². The van der Waals surface area contributed by atoms with E-state index in [4.69, 9.17) is 14.2 Å². The maximum absolute atomic E-state index is 10.2. The summed E-state index contributed by atoms with van der Waals surface area (Å²) in [6, 6.07) is 3.72. The van der Waals surface area contributed by atoms with Crippen molar-refractivity contribution in [3.05, 3.63) is 17.7 Å². The first-order valence-electron chi connectivity index (χ1n) is 6.39. The molecule has 0 aliphatic carbocycles. The van der Waals surface area contributed by atoms with Crippen LogP contribution in [0.3, 0.4) is 0 Å². The van der Waals surface area contributed by atoms with Gasteiger partial charge < -0.3 is 19.5 Å². The predicted octanol–water partition coefficient (Wildman–Crippen LogP) is 0.735. The number of rotatable bonds is 10. The molecule has 0 aromatic heterocycles. The molecule has 1 aromatic carbocycles. The molecule has 0 atom stereocenters. The molecule has 0 bridgehead atoms. The quantitative estimate of drug-likeness (QED) is 0.486. The average Bonchev–Trinajstić information content (AvgIpc) is 2.49. The predicted molar refractivity (Wildman–Crippen MR) is 78.7 cm³/mol. The van der Waals surface area contributed by atoms with Crippen molar-refractivity contribution in [1.29, 1.82) is 0 Å². The molecular weight excluding hydrogens is 298 g/mol. The number of thiol groups is 1. The van der Waals surface area contributed by atoms with Crippen molar-refractivity contribution in [2.75, 3.05) is 34.5 Å². The van der Waals surface area contributed by atoms with E-state index in [1.54, 1.807) is 21.3 Å². The van der Waals surface area contributed by atoms with E-state index >= 15 is 0 Å². The number of benzene rings is 1.